The average molecular weight is 477 g/mol. The molecule has 11 heteroatoms. The molecule has 1 aliphatic carbocycles. The minimum atomic E-state index is -3.83. The first-order valence-electron chi connectivity index (χ1n) is 10.0. The third-order valence-corrected chi connectivity index (χ3v) is 7.20. The number of hydrogen-bond acceptors (Lipinski definition) is 5. The molecule has 0 atom stereocenters. The molecule has 1 aliphatic heterocycles. The zero-order valence-corrected chi connectivity index (χ0v) is 18.5. The van der Waals surface area contributed by atoms with Crippen molar-refractivity contribution in [1.82, 2.24) is 10.2 Å². The van der Waals surface area contributed by atoms with Crippen LogP contribution in [-0.2, 0) is 19.6 Å². The Morgan fingerprint density at radius 3 is 2.22 bits per heavy atom. The van der Waals surface area contributed by atoms with E-state index in [2.05, 4.69) is 15.4 Å². The van der Waals surface area contributed by atoms with Gasteiger partial charge in [-0.1, -0.05) is 24.4 Å². The summed E-state index contributed by atoms with van der Waals surface area (Å²) in [7, 11) is -3.83. The number of sulfonamides is 1. The topological polar surface area (TPSA) is 125 Å². The van der Waals surface area contributed by atoms with Gasteiger partial charge in [-0.05, 0) is 61.4 Å². The second kappa shape index (κ2) is 8.44. The Labute approximate surface area is 190 Å². The van der Waals surface area contributed by atoms with Crippen LogP contribution in [-0.4, -0.2) is 43.2 Å². The standard InChI is InChI=1S/C21H21ClN4O5S/c22-14-3-5-16(6-4-14)25-32(30,31)17-9-7-15(8-10-17)23-18(27)13-26-19(28)21(24-20(26)29)11-1-2-12-21/h3-10,25H,1-2,11-13H2,(H,23,27)(H,24,29). The quantitative estimate of drug-likeness (QED) is 0.553. The molecule has 2 aliphatic rings. The fourth-order valence-corrected chi connectivity index (χ4v) is 5.12. The van der Waals surface area contributed by atoms with E-state index in [1.54, 1.807) is 24.3 Å². The largest absolute Gasteiger partial charge is 0.325 e. The maximum Gasteiger partial charge on any atom is 0.325 e. The normalized spacial score (nSPS) is 17.5. The average Bonchev–Trinajstić information content (AvgIpc) is 3.31. The molecule has 1 heterocycles. The molecule has 32 heavy (non-hydrogen) atoms. The molecule has 3 N–H and O–H groups in total. The molecule has 1 spiro atoms. The third-order valence-electron chi connectivity index (χ3n) is 5.55. The predicted octanol–water partition coefficient (Wildman–Crippen LogP) is 2.94. The number of amides is 4. The number of carbonyl (C=O) groups is 3. The van der Waals surface area contributed by atoms with E-state index < -0.39 is 34.0 Å². The molecule has 9 nitrogen and oxygen atoms in total. The Balaban J connectivity index is 1.38. The maximum absolute atomic E-state index is 12.6. The Kier molecular flexibility index (Phi) is 5.83. The summed E-state index contributed by atoms with van der Waals surface area (Å²) in [6, 6.07) is 11.2. The van der Waals surface area contributed by atoms with Crippen LogP contribution in [0.25, 0.3) is 0 Å². The molecule has 1 saturated heterocycles. The Morgan fingerprint density at radius 2 is 1.59 bits per heavy atom. The lowest BCUT2D eigenvalue weighted by atomic mass is 9.98. The highest BCUT2D eigenvalue weighted by Crippen LogP contribution is 2.35. The molecule has 1 saturated carbocycles. The minimum absolute atomic E-state index is 0.00252. The van der Waals surface area contributed by atoms with E-state index in [1.165, 1.54) is 24.3 Å². The van der Waals surface area contributed by atoms with E-state index in [0.29, 0.717) is 29.2 Å². The smallest absolute Gasteiger partial charge is 0.325 e. The van der Waals surface area contributed by atoms with Crippen LogP contribution in [0.5, 0.6) is 0 Å². The Morgan fingerprint density at radius 1 is 1.00 bits per heavy atom. The lowest BCUT2D eigenvalue weighted by molar-refractivity contribution is -0.133. The second-order valence-electron chi connectivity index (χ2n) is 7.80. The molecule has 4 amide bonds. The van der Waals surface area contributed by atoms with E-state index >= 15 is 0 Å². The number of anilines is 2. The fourth-order valence-electron chi connectivity index (χ4n) is 3.93. The SMILES string of the molecule is O=C(CN1C(=O)NC2(CCCC2)C1=O)Nc1ccc(S(=O)(=O)Nc2ccc(Cl)cc2)cc1. The number of urea groups is 1. The van der Waals surface area contributed by atoms with Crippen molar-refractivity contribution in [3.8, 4) is 0 Å². The van der Waals surface area contributed by atoms with E-state index in [4.69, 9.17) is 11.6 Å². The lowest BCUT2D eigenvalue weighted by Crippen LogP contribution is -2.44. The van der Waals surface area contributed by atoms with Crippen molar-refractivity contribution in [1.29, 1.82) is 0 Å². The van der Waals surface area contributed by atoms with Gasteiger partial charge < -0.3 is 10.6 Å². The van der Waals surface area contributed by atoms with E-state index in [0.717, 1.165) is 17.7 Å². The van der Waals surface area contributed by atoms with Gasteiger partial charge in [0.1, 0.15) is 12.1 Å². The summed E-state index contributed by atoms with van der Waals surface area (Å²) in [5.41, 5.74) is -0.173. The first kappa shape index (κ1) is 22.1. The van der Waals surface area contributed by atoms with Gasteiger partial charge in [-0.25, -0.2) is 13.2 Å². The number of hydrogen-bond donors (Lipinski definition) is 3. The molecule has 0 radical (unpaired) electrons. The molecule has 2 aromatic carbocycles. The van der Waals surface area contributed by atoms with Gasteiger partial charge in [-0.3, -0.25) is 19.2 Å². The van der Waals surface area contributed by atoms with Crippen molar-refractivity contribution in [3.63, 3.8) is 0 Å². The predicted molar refractivity (Wildman–Crippen MR) is 119 cm³/mol. The zero-order valence-electron chi connectivity index (χ0n) is 16.9. The van der Waals surface area contributed by atoms with E-state index in [9.17, 15) is 22.8 Å². The maximum atomic E-state index is 12.6. The van der Waals surface area contributed by atoms with Gasteiger partial charge in [0, 0.05) is 16.4 Å². The van der Waals surface area contributed by atoms with Gasteiger partial charge >= 0.3 is 6.03 Å². The van der Waals surface area contributed by atoms with Crippen LogP contribution in [0.15, 0.2) is 53.4 Å². The van der Waals surface area contributed by atoms with Crippen molar-refractivity contribution >= 4 is 50.8 Å². The van der Waals surface area contributed by atoms with Crippen molar-refractivity contribution in [2.24, 2.45) is 0 Å². The number of imide groups is 1. The van der Waals surface area contributed by atoms with Crippen molar-refractivity contribution < 1.29 is 22.8 Å². The van der Waals surface area contributed by atoms with Crippen molar-refractivity contribution in [2.45, 2.75) is 36.1 Å². The van der Waals surface area contributed by atoms with E-state index in [1.807, 2.05) is 0 Å². The number of benzene rings is 2. The summed E-state index contributed by atoms with van der Waals surface area (Å²) >= 11 is 5.80. The van der Waals surface area contributed by atoms with Gasteiger partial charge in [-0.2, -0.15) is 0 Å². The van der Waals surface area contributed by atoms with Crippen molar-refractivity contribution in [3.05, 3.63) is 53.6 Å². The van der Waals surface area contributed by atoms with Gasteiger partial charge in [0.15, 0.2) is 0 Å². The van der Waals surface area contributed by atoms with Crippen LogP contribution in [0, 0.1) is 0 Å². The van der Waals surface area contributed by atoms with Crippen LogP contribution < -0.4 is 15.4 Å². The van der Waals surface area contributed by atoms with Gasteiger partial charge in [-0.15, -0.1) is 0 Å². The van der Waals surface area contributed by atoms with Crippen LogP contribution in [0.3, 0.4) is 0 Å². The number of halogens is 1. The highest BCUT2D eigenvalue weighted by Gasteiger charge is 2.52. The number of carbonyl (C=O) groups excluding carboxylic acids is 3. The molecule has 2 aromatic rings. The summed E-state index contributed by atoms with van der Waals surface area (Å²) in [5, 5.41) is 5.79. The molecular weight excluding hydrogens is 456 g/mol. The summed E-state index contributed by atoms with van der Waals surface area (Å²) in [6.07, 6.45) is 2.87. The summed E-state index contributed by atoms with van der Waals surface area (Å²) in [4.78, 5) is 38.1. The highest BCUT2D eigenvalue weighted by molar-refractivity contribution is 7.92. The van der Waals surface area contributed by atoms with Crippen LogP contribution in [0.2, 0.25) is 5.02 Å². The Bertz CT molecular complexity index is 1160. The number of nitrogens with one attached hydrogen (secondary N) is 3. The third kappa shape index (κ3) is 4.42. The first-order chi connectivity index (χ1) is 15.2. The molecule has 0 unspecified atom stereocenters. The lowest BCUT2D eigenvalue weighted by Gasteiger charge is -2.19. The highest BCUT2D eigenvalue weighted by atomic mass is 35.5. The zero-order chi connectivity index (χ0) is 22.9. The van der Waals surface area contributed by atoms with E-state index in [-0.39, 0.29) is 10.8 Å². The van der Waals surface area contributed by atoms with Gasteiger partial charge in [0.05, 0.1) is 4.90 Å². The minimum Gasteiger partial charge on any atom is -0.325 e. The molecule has 168 valence electrons. The van der Waals surface area contributed by atoms with Crippen LogP contribution in [0.4, 0.5) is 16.2 Å². The van der Waals surface area contributed by atoms with Gasteiger partial charge in [0.25, 0.3) is 15.9 Å². The first-order valence-corrected chi connectivity index (χ1v) is 11.9. The number of nitrogens with zero attached hydrogens (tertiary/aromatic N) is 1. The van der Waals surface area contributed by atoms with Crippen molar-refractivity contribution in [2.75, 3.05) is 16.6 Å². The second-order valence-corrected chi connectivity index (χ2v) is 9.91. The monoisotopic (exact) mass is 476 g/mol. The summed E-state index contributed by atoms with van der Waals surface area (Å²) < 4.78 is 27.5. The molecular formula is C21H21ClN4O5S. The fraction of sp³-hybridized carbons (Fsp3) is 0.286. The Hall–Kier alpha value is -3.11. The molecule has 0 aromatic heterocycles. The summed E-state index contributed by atoms with van der Waals surface area (Å²) in [5.74, 6) is -0.927. The number of rotatable bonds is 6. The summed E-state index contributed by atoms with van der Waals surface area (Å²) in [6.45, 7) is -0.412. The van der Waals surface area contributed by atoms with Crippen LogP contribution >= 0.6 is 11.6 Å². The van der Waals surface area contributed by atoms with Crippen LogP contribution in [0.1, 0.15) is 25.7 Å². The molecule has 2 fully saturated rings. The molecule has 0 bridgehead atoms. The molecule has 4 rings (SSSR count). The van der Waals surface area contributed by atoms with Gasteiger partial charge in [0.2, 0.25) is 5.91 Å².